The Morgan fingerprint density at radius 3 is 2.45 bits per heavy atom. The molecule has 0 saturated heterocycles. The van der Waals surface area contributed by atoms with Gasteiger partial charge in [-0.3, -0.25) is 4.79 Å². The first-order valence-corrected chi connectivity index (χ1v) is 7.71. The van der Waals surface area contributed by atoms with E-state index in [1.165, 1.54) is 0 Å². The summed E-state index contributed by atoms with van der Waals surface area (Å²) in [6.45, 7) is 6.17. The summed E-state index contributed by atoms with van der Waals surface area (Å²) in [6.07, 6.45) is 2.10. The van der Waals surface area contributed by atoms with Gasteiger partial charge < -0.3 is 10.2 Å². The summed E-state index contributed by atoms with van der Waals surface area (Å²) in [4.78, 5) is 14.2. The van der Waals surface area contributed by atoms with Gasteiger partial charge in [-0.15, -0.1) is 11.6 Å². The Morgan fingerprint density at radius 2 is 1.90 bits per heavy atom. The molecule has 112 valence electrons. The molecule has 4 heteroatoms. The number of alkyl halides is 1. The lowest BCUT2D eigenvalue weighted by molar-refractivity contribution is 0.0952. The first-order valence-electron chi connectivity index (χ1n) is 7.18. The van der Waals surface area contributed by atoms with Gasteiger partial charge in [-0.05, 0) is 58.0 Å². The van der Waals surface area contributed by atoms with Crippen LogP contribution in [0.5, 0.6) is 0 Å². The molecule has 1 aromatic rings. The van der Waals surface area contributed by atoms with Crippen LogP contribution in [-0.4, -0.2) is 37.0 Å². The van der Waals surface area contributed by atoms with Gasteiger partial charge in [0.2, 0.25) is 0 Å². The molecule has 20 heavy (non-hydrogen) atoms. The molecule has 0 unspecified atom stereocenters. The van der Waals surface area contributed by atoms with Gasteiger partial charge in [0.15, 0.2) is 0 Å². The van der Waals surface area contributed by atoms with E-state index in [2.05, 4.69) is 31.1 Å². The summed E-state index contributed by atoms with van der Waals surface area (Å²) < 4.78 is 0. The van der Waals surface area contributed by atoms with Gasteiger partial charge in [0.25, 0.3) is 5.91 Å². The molecular formula is C16H25ClN2O. The summed E-state index contributed by atoms with van der Waals surface area (Å²) >= 11 is 5.72. The highest BCUT2D eigenvalue weighted by Crippen LogP contribution is 2.06. The predicted octanol–water partition coefficient (Wildman–Crippen LogP) is 3.28. The Hall–Kier alpha value is -1.06. The highest BCUT2D eigenvalue weighted by atomic mass is 35.5. The van der Waals surface area contributed by atoms with Gasteiger partial charge in [0, 0.05) is 24.0 Å². The number of rotatable bonds is 8. The molecular weight excluding hydrogens is 272 g/mol. The van der Waals surface area contributed by atoms with Crippen LogP contribution in [0.2, 0.25) is 0 Å². The largest absolute Gasteiger partial charge is 0.352 e. The number of hydrogen-bond acceptors (Lipinski definition) is 2. The minimum Gasteiger partial charge on any atom is -0.352 e. The maximum atomic E-state index is 11.9. The Balaban J connectivity index is 2.22. The van der Waals surface area contributed by atoms with Crippen molar-refractivity contribution in [3.63, 3.8) is 0 Å². The van der Waals surface area contributed by atoms with E-state index >= 15 is 0 Å². The fourth-order valence-electron chi connectivity index (χ4n) is 1.79. The third kappa shape index (κ3) is 5.93. The standard InChI is InChI=1S/C16H25ClN2O/c1-13(2)19(3)11-5-4-10-18-16(20)15-8-6-14(12-17)7-9-15/h6-9,13H,4-5,10-12H2,1-3H3,(H,18,20). The van der Waals surface area contributed by atoms with E-state index in [0.29, 0.717) is 17.5 Å². The summed E-state index contributed by atoms with van der Waals surface area (Å²) in [7, 11) is 2.13. The van der Waals surface area contributed by atoms with Crippen molar-refractivity contribution in [3.8, 4) is 0 Å². The fourth-order valence-corrected chi connectivity index (χ4v) is 1.97. The third-order valence-corrected chi connectivity index (χ3v) is 3.78. The Kier molecular flexibility index (Phi) is 7.63. The summed E-state index contributed by atoms with van der Waals surface area (Å²) in [5.41, 5.74) is 1.72. The Labute approximate surface area is 127 Å². The molecule has 0 atom stereocenters. The van der Waals surface area contributed by atoms with Crippen molar-refractivity contribution in [3.05, 3.63) is 35.4 Å². The molecule has 0 radical (unpaired) electrons. The number of benzene rings is 1. The third-order valence-electron chi connectivity index (χ3n) is 3.48. The van der Waals surface area contributed by atoms with E-state index in [1.54, 1.807) is 0 Å². The van der Waals surface area contributed by atoms with Crippen molar-refractivity contribution in [2.45, 2.75) is 38.6 Å². The van der Waals surface area contributed by atoms with Gasteiger partial charge in [-0.25, -0.2) is 0 Å². The minimum atomic E-state index is -0.0108. The minimum absolute atomic E-state index is 0.0108. The Morgan fingerprint density at radius 1 is 1.25 bits per heavy atom. The highest BCUT2D eigenvalue weighted by molar-refractivity contribution is 6.17. The number of hydrogen-bond donors (Lipinski definition) is 1. The average Bonchev–Trinajstić information content (AvgIpc) is 2.46. The van der Waals surface area contributed by atoms with Gasteiger partial charge in [0.1, 0.15) is 0 Å². The maximum Gasteiger partial charge on any atom is 0.251 e. The normalized spacial score (nSPS) is 11.1. The molecule has 0 spiro atoms. The van der Waals surface area contributed by atoms with Crippen molar-refractivity contribution in [2.24, 2.45) is 0 Å². The van der Waals surface area contributed by atoms with Crippen LogP contribution in [0.1, 0.15) is 42.6 Å². The van der Waals surface area contributed by atoms with Crippen LogP contribution in [0, 0.1) is 0 Å². The summed E-state index contributed by atoms with van der Waals surface area (Å²) in [5.74, 6) is 0.467. The van der Waals surface area contributed by atoms with E-state index in [-0.39, 0.29) is 5.91 Å². The first kappa shape index (κ1) is 17.0. The van der Waals surface area contributed by atoms with Crippen LogP contribution in [-0.2, 0) is 5.88 Å². The average molecular weight is 297 g/mol. The van der Waals surface area contributed by atoms with Crippen molar-refractivity contribution < 1.29 is 4.79 Å². The summed E-state index contributed by atoms with van der Waals surface area (Å²) in [6, 6.07) is 7.99. The molecule has 1 amide bonds. The first-order chi connectivity index (χ1) is 9.54. The summed E-state index contributed by atoms with van der Waals surface area (Å²) in [5, 5.41) is 2.95. The number of nitrogens with one attached hydrogen (secondary N) is 1. The zero-order chi connectivity index (χ0) is 15.0. The van der Waals surface area contributed by atoms with Gasteiger partial charge in [-0.2, -0.15) is 0 Å². The smallest absolute Gasteiger partial charge is 0.251 e. The molecule has 1 N–H and O–H groups in total. The van der Waals surface area contributed by atoms with Crippen LogP contribution in [0.4, 0.5) is 0 Å². The van der Waals surface area contributed by atoms with E-state index in [0.717, 1.165) is 31.5 Å². The quantitative estimate of drug-likeness (QED) is 0.590. The lowest BCUT2D eigenvalue weighted by atomic mass is 10.1. The van der Waals surface area contributed by atoms with Crippen molar-refractivity contribution in [1.29, 1.82) is 0 Å². The lowest BCUT2D eigenvalue weighted by Gasteiger charge is -2.20. The molecule has 1 aromatic carbocycles. The van der Waals surface area contributed by atoms with E-state index in [4.69, 9.17) is 11.6 Å². The number of halogens is 1. The van der Waals surface area contributed by atoms with Gasteiger partial charge in [-0.1, -0.05) is 12.1 Å². The van der Waals surface area contributed by atoms with Crippen LogP contribution < -0.4 is 5.32 Å². The molecule has 0 aliphatic carbocycles. The van der Waals surface area contributed by atoms with E-state index < -0.39 is 0 Å². The SMILES string of the molecule is CC(C)N(C)CCCCNC(=O)c1ccc(CCl)cc1. The van der Waals surface area contributed by atoms with Gasteiger partial charge >= 0.3 is 0 Å². The van der Waals surface area contributed by atoms with Crippen LogP contribution in [0.25, 0.3) is 0 Å². The number of amides is 1. The van der Waals surface area contributed by atoms with Crippen molar-refractivity contribution in [1.82, 2.24) is 10.2 Å². The number of unbranched alkanes of at least 4 members (excludes halogenated alkanes) is 1. The molecule has 1 rings (SSSR count). The zero-order valence-electron chi connectivity index (χ0n) is 12.7. The topological polar surface area (TPSA) is 32.3 Å². The van der Waals surface area contributed by atoms with Crippen molar-refractivity contribution >= 4 is 17.5 Å². The molecule has 0 fully saturated rings. The number of carbonyl (C=O) groups excluding carboxylic acids is 1. The molecule has 0 aliphatic rings. The molecule has 0 aromatic heterocycles. The monoisotopic (exact) mass is 296 g/mol. The van der Waals surface area contributed by atoms with Crippen LogP contribution >= 0.6 is 11.6 Å². The molecule has 0 aliphatic heterocycles. The zero-order valence-corrected chi connectivity index (χ0v) is 13.4. The molecule has 0 bridgehead atoms. The fraction of sp³-hybridized carbons (Fsp3) is 0.562. The van der Waals surface area contributed by atoms with Gasteiger partial charge in [0.05, 0.1) is 0 Å². The number of nitrogens with zero attached hydrogens (tertiary/aromatic N) is 1. The van der Waals surface area contributed by atoms with Crippen LogP contribution in [0.3, 0.4) is 0 Å². The molecule has 0 saturated carbocycles. The lowest BCUT2D eigenvalue weighted by Crippen LogP contribution is -2.29. The van der Waals surface area contributed by atoms with Crippen molar-refractivity contribution in [2.75, 3.05) is 20.1 Å². The maximum absolute atomic E-state index is 11.9. The van der Waals surface area contributed by atoms with E-state index in [1.807, 2.05) is 24.3 Å². The second-order valence-electron chi connectivity index (χ2n) is 5.37. The Bertz CT molecular complexity index is 403. The van der Waals surface area contributed by atoms with Crippen LogP contribution in [0.15, 0.2) is 24.3 Å². The predicted molar refractivity (Wildman–Crippen MR) is 85.3 cm³/mol. The van der Waals surface area contributed by atoms with E-state index in [9.17, 15) is 4.79 Å². The number of carbonyl (C=O) groups is 1. The molecule has 0 heterocycles. The second kappa shape index (κ2) is 8.98. The molecule has 3 nitrogen and oxygen atoms in total. The second-order valence-corrected chi connectivity index (χ2v) is 5.64. The highest BCUT2D eigenvalue weighted by Gasteiger charge is 2.05.